The van der Waals surface area contributed by atoms with Gasteiger partial charge in [0.25, 0.3) is 0 Å². The molecule has 1 aromatic rings. The Kier molecular flexibility index (Phi) is 5.53. The van der Waals surface area contributed by atoms with Gasteiger partial charge in [0, 0.05) is 11.0 Å². The lowest BCUT2D eigenvalue weighted by atomic mass is 10.2. The van der Waals surface area contributed by atoms with Crippen LogP contribution in [0.5, 0.6) is 0 Å². The van der Waals surface area contributed by atoms with Crippen molar-refractivity contribution >= 4 is 46.9 Å². The highest BCUT2D eigenvalue weighted by atomic mass is 35.5. The lowest BCUT2D eigenvalue weighted by molar-refractivity contribution is -0.146. The van der Waals surface area contributed by atoms with Gasteiger partial charge in [0.05, 0.1) is 10.8 Å². The van der Waals surface area contributed by atoms with E-state index in [-0.39, 0.29) is 0 Å². The maximum Gasteiger partial charge on any atom is 0.326 e. The van der Waals surface area contributed by atoms with Crippen molar-refractivity contribution in [2.75, 3.05) is 0 Å². The van der Waals surface area contributed by atoms with E-state index < -0.39 is 30.3 Å². The molecule has 0 aliphatic heterocycles. The molecule has 1 heterocycles. The van der Waals surface area contributed by atoms with E-state index in [1.165, 1.54) is 17.4 Å². The first-order valence-corrected chi connectivity index (χ1v) is 6.26. The van der Waals surface area contributed by atoms with Crippen LogP contribution in [0.2, 0.25) is 4.34 Å². The standard InChI is InChI=1S/C11H10ClNO5S/c12-8-3-1-6(19-8)2-4-9(14)13-7(11(17)18)5-10(15)16/h1-4,7H,5H2,(H,13,14)(H,15,16)(H,17,18)/b4-2+/t7-/m1/s1. The molecule has 1 amide bonds. The zero-order chi connectivity index (χ0) is 14.4. The van der Waals surface area contributed by atoms with Crippen LogP contribution in [0.15, 0.2) is 18.2 Å². The second-order valence-corrected chi connectivity index (χ2v) is 5.22. The molecule has 0 aromatic carbocycles. The van der Waals surface area contributed by atoms with Gasteiger partial charge in [0.1, 0.15) is 6.04 Å². The van der Waals surface area contributed by atoms with Crippen molar-refractivity contribution in [3.8, 4) is 0 Å². The molecule has 1 aromatic heterocycles. The number of thiophene rings is 1. The van der Waals surface area contributed by atoms with Gasteiger partial charge in [-0.15, -0.1) is 11.3 Å². The molecule has 0 aliphatic rings. The summed E-state index contributed by atoms with van der Waals surface area (Å²) in [5.41, 5.74) is 0. The molecule has 0 bridgehead atoms. The maximum atomic E-state index is 11.4. The van der Waals surface area contributed by atoms with Gasteiger partial charge in [-0.1, -0.05) is 11.6 Å². The highest BCUT2D eigenvalue weighted by molar-refractivity contribution is 7.17. The van der Waals surface area contributed by atoms with Crippen LogP contribution in [0, 0.1) is 0 Å². The van der Waals surface area contributed by atoms with Crippen LogP contribution in [0.4, 0.5) is 0 Å². The van der Waals surface area contributed by atoms with Gasteiger partial charge in [0.15, 0.2) is 0 Å². The fourth-order valence-electron chi connectivity index (χ4n) is 1.17. The Balaban J connectivity index is 2.60. The molecule has 0 unspecified atom stereocenters. The number of nitrogens with one attached hydrogen (secondary N) is 1. The first kappa shape index (κ1) is 15.2. The third-order valence-corrected chi connectivity index (χ3v) is 3.18. The largest absolute Gasteiger partial charge is 0.481 e. The topological polar surface area (TPSA) is 104 Å². The highest BCUT2D eigenvalue weighted by Crippen LogP contribution is 2.22. The van der Waals surface area contributed by atoms with Gasteiger partial charge in [-0.05, 0) is 18.2 Å². The van der Waals surface area contributed by atoms with E-state index in [1.807, 2.05) is 0 Å². The molecule has 3 N–H and O–H groups in total. The summed E-state index contributed by atoms with van der Waals surface area (Å²) in [6, 6.07) is 1.90. The highest BCUT2D eigenvalue weighted by Gasteiger charge is 2.21. The van der Waals surface area contributed by atoms with Gasteiger partial charge in [-0.3, -0.25) is 9.59 Å². The molecule has 19 heavy (non-hydrogen) atoms. The summed E-state index contributed by atoms with van der Waals surface area (Å²) in [7, 11) is 0. The second-order valence-electron chi connectivity index (χ2n) is 3.47. The van der Waals surface area contributed by atoms with Crippen molar-refractivity contribution in [3.63, 3.8) is 0 Å². The first-order chi connectivity index (χ1) is 8.88. The van der Waals surface area contributed by atoms with Crippen LogP contribution < -0.4 is 5.32 Å². The Morgan fingerprint density at radius 2 is 2.05 bits per heavy atom. The Morgan fingerprint density at radius 3 is 2.53 bits per heavy atom. The Morgan fingerprint density at radius 1 is 1.37 bits per heavy atom. The number of carboxylic acids is 2. The molecule has 102 valence electrons. The zero-order valence-corrected chi connectivity index (χ0v) is 11.1. The third kappa shape index (κ3) is 5.54. The van der Waals surface area contributed by atoms with Crippen molar-refractivity contribution in [2.45, 2.75) is 12.5 Å². The zero-order valence-electron chi connectivity index (χ0n) is 9.50. The van der Waals surface area contributed by atoms with Crippen LogP contribution in [0.1, 0.15) is 11.3 Å². The summed E-state index contributed by atoms with van der Waals surface area (Å²) in [5, 5.41) is 19.3. The molecular formula is C11H10ClNO5S. The molecule has 0 saturated heterocycles. The van der Waals surface area contributed by atoms with Crippen LogP contribution >= 0.6 is 22.9 Å². The van der Waals surface area contributed by atoms with Crippen LogP contribution in [0.25, 0.3) is 6.08 Å². The molecule has 0 aliphatic carbocycles. The fraction of sp³-hybridized carbons (Fsp3) is 0.182. The fourth-order valence-corrected chi connectivity index (χ4v) is 2.13. The summed E-state index contributed by atoms with van der Waals surface area (Å²) in [4.78, 5) is 33.3. The smallest absolute Gasteiger partial charge is 0.326 e. The minimum absolute atomic E-state index is 0.564. The number of hydrogen-bond donors (Lipinski definition) is 3. The molecule has 0 saturated carbocycles. The van der Waals surface area contributed by atoms with Crippen molar-refractivity contribution in [3.05, 3.63) is 27.4 Å². The first-order valence-electron chi connectivity index (χ1n) is 5.07. The number of carbonyl (C=O) groups is 3. The minimum Gasteiger partial charge on any atom is -0.481 e. The van der Waals surface area contributed by atoms with E-state index in [1.54, 1.807) is 12.1 Å². The predicted octanol–water partition coefficient (Wildman–Crippen LogP) is 1.46. The number of hydrogen-bond acceptors (Lipinski definition) is 4. The van der Waals surface area contributed by atoms with Gasteiger partial charge >= 0.3 is 11.9 Å². The van der Waals surface area contributed by atoms with Crippen molar-refractivity contribution in [1.29, 1.82) is 0 Å². The normalized spacial score (nSPS) is 12.3. The van der Waals surface area contributed by atoms with E-state index in [0.29, 0.717) is 4.34 Å². The van der Waals surface area contributed by atoms with E-state index in [4.69, 9.17) is 21.8 Å². The van der Waals surface area contributed by atoms with Crippen molar-refractivity contribution < 1.29 is 24.6 Å². The SMILES string of the molecule is O=C(O)C[C@@H](NC(=O)/C=C/c1ccc(Cl)s1)C(=O)O. The molecule has 1 atom stereocenters. The monoisotopic (exact) mass is 303 g/mol. The maximum absolute atomic E-state index is 11.4. The Labute approximate surface area is 117 Å². The van der Waals surface area contributed by atoms with Gasteiger partial charge in [-0.25, -0.2) is 4.79 Å². The quantitative estimate of drug-likeness (QED) is 0.690. The average molecular weight is 304 g/mol. The number of aliphatic carboxylic acids is 2. The lowest BCUT2D eigenvalue weighted by Crippen LogP contribution is -2.41. The molecule has 6 nitrogen and oxygen atoms in total. The van der Waals surface area contributed by atoms with Crippen LogP contribution in [-0.4, -0.2) is 34.1 Å². The second kappa shape index (κ2) is 6.91. The molecule has 0 fully saturated rings. The van der Waals surface area contributed by atoms with Gasteiger partial charge in [0.2, 0.25) is 5.91 Å². The van der Waals surface area contributed by atoms with Gasteiger partial charge < -0.3 is 15.5 Å². The number of carboxylic acid groups (broad SMARTS) is 2. The van der Waals surface area contributed by atoms with E-state index >= 15 is 0 Å². The summed E-state index contributed by atoms with van der Waals surface area (Å²) >= 11 is 6.95. The number of carbonyl (C=O) groups excluding carboxylic acids is 1. The number of amides is 1. The van der Waals surface area contributed by atoms with E-state index in [0.717, 1.165) is 11.0 Å². The van der Waals surface area contributed by atoms with E-state index in [9.17, 15) is 14.4 Å². The number of halogens is 1. The third-order valence-electron chi connectivity index (χ3n) is 1.99. The van der Waals surface area contributed by atoms with Crippen molar-refractivity contribution in [2.24, 2.45) is 0 Å². The predicted molar refractivity (Wildman–Crippen MR) is 70.2 cm³/mol. The van der Waals surface area contributed by atoms with Crippen LogP contribution in [0.3, 0.4) is 0 Å². The molecule has 0 spiro atoms. The Bertz CT molecular complexity index is 525. The molecular weight excluding hydrogens is 294 g/mol. The molecule has 1 rings (SSSR count). The average Bonchev–Trinajstić information content (AvgIpc) is 2.71. The minimum atomic E-state index is -1.46. The summed E-state index contributed by atoms with van der Waals surface area (Å²) in [6.45, 7) is 0. The lowest BCUT2D eigenvalue weighted by Gasteiger charge is -2.10. The Hall–Kier alpha value is -1.86. The molecule has 8 heteroatoms. The van der Waals surface area contributed by atoms with E-state index in [2.05, 4.69) is 5.32 Å². The summed E-state index contributed by atoms with van der Waals surface area (Å²) in [6.07, 6.45) is 1.91. The molecule has 0 radical (unpaired) electrons. The van der Waals surface area contributed by atoms with Crippen molar-refractivity contribution in [1.82, 2.24) is 5.32 Å². The van der Waals surface area contributed by atoms with Crippen LogP contribution in [-0.2, 0) is 14.4 Å². The van der Waals surface area contributed by atoms with Gasteiger partial charge in [-0.2, -0.15) is 0 Å². The summed E-state index contributed by atoms with van der Waals surface area (Å²) < 4.78 is 0.564. The number of rotatable bonds is 6. The summed E-state index contributed by atoms with van der Waals surface area (Å²) in [5.74, 6) is -3.39.